The van der Waals surface area contributed by atoms with Crippen LogP contribution in [0.3, 0.4) is 0 Å². The van der Waals surface area contributed by atoms with E-state index in [1.807, 2.05) is 19.1 Å². The maximum atomic E-state index is 6.05. The summed E-state index contributed by atoms with van der Waals surface area (Å²) in [4.78, 5) is 0. The van der Waals surface area contributed by atoms with Gasteiger partial charge in [-0.05, 0) is 24.5 Å². The molecule has 1 heterocycles. The summed E-state index contributed by atoms with van der Waals surface area (Å²) in [5.41, 5.74) is 9.61. The average Bonchev–Trinajstić information content (AvgIpc) is 2.91. The minimum Gasteiger partial charge on any atom is -0.497 e. The Morgan fingerprint density at radius 2 is 1.83 bits per heavy atom. The van der Waals surface area contributed by atoms with Crippen molar-refractivity contribution in [2.45, 2.75) is 25.9 Å². The molecule has 0 spiro atoms. The minimum atomic E-state index is 0.0904. The third-order valence-corrected chi connectivity index (χ3v) is 4.19. The Kier molecular flexibility index (Phi) is 4.76. The number of ether oxygens (including phenoxy) is 2. The van der Waals surface area contributed by atoms with Crippen LogP contribution in [0.15, 0.2) is 48.7 Å². The molecule has 0 bridgehead atoms. The fourth-order valence-corrected chi connectivity index (χ4v) is 3.14. The van der Waals surface area contributed by atoms with Crippen LogP contribution in [0, 0.1) is 0 Å². The first-order valence-electron chi connectivity index (χ1n) is 8.15. The number of rotatable bonds is 6. The Balaban J connectivity index is 2.17. The molecular formula is C20H24N2O2. The van der Waals surface area contributed by atoms with Crippen LogP contribution in [-0.4, -0.2) is 24.8 Å². The normalized spacial score (nSPS) is 12.3. The van der Waals surface area contributed by atoms with Crippen molar-refractivity contribution in [1.29, 1.82) is 0 Å². The molecule has 24 heavy (non-hydrogen) atoms. The number of methoxy groups -OCH3 is 2. The summed E-state index contributed by atoms with van der Waals surface area (Å²) in [5.74, 6) is 1.62. The van der Waals surface area contributed by atoms with Crippen LogP contribution in [0.5, 0.6) is 11.5 Å². The lowest BCUT2D eigenvalue weighted by atomic mass is 10.1. The van der Waals surface area contributed by atoms with Crippen molar-refractivity contribution < 1.29 is 9.47 Å². The second-order valence-corrected chi connectivity index (χ2v) is 6.17. The molecule has 0 aliphatic heterocycles. The van der Waals surface area contributed by atoms with Gasteiger partial charge in [0, 0.05) is 36.3 Å². The van der Waals surface area contributed by atoms with Crippen LogP contribution in [0.4, 0.5) is 0 Å². The SMILES string of the molecule is COc1cc(OC)c2c(CC(C)N)cn(Cc3ccccc3)c2c1. The molecule has 0 amide bonds. The summed E-state index contributed by atoms with van der Waals surface area (Å²) in [6, 6.07) is 14.5. The van der Waals surface area contributed by atoms with E-state index in [0.717, 1.165) is 35.4 Å². The molecule has 4 nitrogen and oxygen atoms in total. The van der Waals surface area contributed by atoms with Crippen molar-refractivity contribution in [3.63, 3.8) is 0 Å². The van der Waals surface area contributed by atoms with Crippen molar-refractivity contribution in [3.05, 3.63) is 59.8 Å². The van der Waals surface area contributed by atoms with Crippen LogP contribution >= 0.6 is 0 Å². The van der Waals surface area contributed by atoms with Crippen molar-refractivity contribution in [1.82, 2.24) is 4.57 Å². The maximum Gasteiger partial charge on any atom is 0.132 e. The highest BCUT2D eigenvalue weighted by atomic mass is 16.5. The predicted molar refractivity (Wildman–Crippen MR) is 97.9 cm³/mol. The first kappa shape index (κ1) is 16.4. The van der Waals surface area contributed by atoms with Crippen molar-refractivity contribution >= 4 is 10.9 Å². The third kappa shape index (κ3) is 3.24. The van der Waals surface area contributed by atoms with Crippen LogP contribution in [0.1, 0.15) is 18.1 Å². The molecular weight excluding hydrogens is 300 g/mol. The van der Waals surface area contributed by atoms with Crippen molar-refractivity contribution in [3.8, 4) is 11.5 Å². The van der Waals surface area contributed by atoms with E-state index in [0.29, 0.717) is 0 Å². The number of nitrogens with zero attached hydrogens (tertiary/aromatic N) is 1. The molecule has 1 atom stereocenters. The minimum absolute atomic E-state index is 0.0904. The van der Waals surface area contributed by atoms with Crippen molar-refractivity contribution in [2.24, 2.45) is 5.73 Å². The second kappa shape index (κ2) is 6.97. The van der Waals surface area contributed by atoms with Gasteiger partial charge in [-0.25, -0.2) is 0 Å². The molecule has 0 aliphatic rings. The van der Waals surface area contributed by atoms with E-state index >= 15 is 0 Å². The fraction of sp³-hybridized carbons (Fsp3) is 0.300. The Labute approximate surface area is 142 Å². The average molecular weight is 324 g/mol. The quantitative estimate of drug-likeness (QED) is 0.754. The van der Waals surface area contributed by atoms with Gasteiger partial charge < -0.3 is 19.8 Å². The van der Waals surface area contributed by atoms with E-state index in [9.17, 15) is 0 Å². The Hall–Kier alpha value is -2.46. The zero-order valence-corrected chi connectivity index (χ0v) is 14.5. The van der Waals surface area contributed by atoms with Gasteiger partial charge in [-0.1, -0.05) is 30.3 Å². The molecule has 126 valence electrons. The smallest absolute Gasteiger partial charge is 0.132 e. The summed E-state index contributed by atoms with van der Waals surface area (Å²) >= 11 is 0. The molecule has 3 rings (SSSR count). The van der Waals surface area contributed by atoms with Gasteiger partial charge >= 0.3 is 0 Å². The fourth-order valence-electron chi connectivity index (χ4n) is 3.14. The predicted octanol–water partition coefficient (Wildman–Crippen LogP) is 3.60. The first-order valence-corrected chi connectivity index (χ1v) is 8.15. The molecule has 3 aromatic rings. The van der Waals surface area contributed by atoms with Gasteiger partial charge in [0.2, 0.25) is 0 Å². The van der Waals surface area contributed by atoms with Gasteiger partial charge in [-0.2, -0.15) is 0 Å². The lowest BCUT2D eigenvalue weighted by molar-refractivity contribution is 0.397. The van der Waals surface area contributed by atoms with Gasteiger partial charge in [-0.3, -0.25) is 0 Å². The molecule has 0 radical (unpaired) electrons. The molecule has 2 N–H and O–H groups in total. The number of hydrogen-bond acceptors (Lipinski definition) is 3. The molecule has 4 heteroatoms. The summed E-state index contributed by atoms with van der Waals surface area (Å²) in [6.07, 6.45) is 2.99. The van der Waals surface area contributed by atoms with E-state index in [1.165, 1.54) is 11.1 Å². The topological polar surface area (TPSA) is 49.4 Å². The number of nitrogens with two attached hydrogens (primary N) is 1. The van der Waals surface area contributed by atoms with Gasteiger partial charge in [0.25, 0.3) is 0 Å². The van der Waals surface area contributed by atoms with Gasteiger partial charge in [0.15, 0.2) is 0 Å². The third-order valence-electron chi connectivity index (χ3n) is 4.19. The largest absolute Gasteiger partial charge is 0.497 e. The van der Waals surface area contributed by atoms with E-state index in [-0.39, 0.29) is 6.04 Å². The molecule has 0 fully saturated rings. The monoisotopic (exact) mass is 324 g/mol. The number of fused-ring (bicyclic) bond motifs is 1. The second-order valence-electron chi connectivity index (χ2n) is 6.17. The Morgan fingerprint density at radius 1 is 1.08 bits per heavy atom. The highest BCUT2D eigenvalue weighted by molar-refractivity contribution is 5.91. The van der Waals surface area contributed by atoms with Crippen LogP contribution in [0.2, 0.25) is 0 Å². The summed E-state index contributed by atoms with van der Waals surface area (Å²) < 4.78 is 13.3. The highest BCUT2D eigenvalue weighted by Gasteiger charge is 2.16. The van der Waals surface area contributed by atoms with E-state index in [2.05, 4.69) is 41.1 Å². The number of aromatic nitrogens is 1. The Bertz CT molecular complexity index is 823. The zero-order valence-electron chi connectivity index (χ0n) is 14.5. The van der Waals surface area contributed by atoms with Crippen LogP contribution < -0.4 is 15.2 Å². The van der Waals surface area contributed by atoms with Gasteiger partial charge in [0.05, 0.1) is 19.7 Å². The van der Waals surface area contributed by atoms with Crippen LogP contribution in [0.25, 0.3) is 10.9 Å². The summed E-state index contributed by atoms with van der Waals surface area (Å²) in [5, 5.41) is 1.12. The molecule has 1 aromatic heterocycles. The molecule has 2 aromatic carbocycles. The van der Waals surface area contributed by atoms with E-state index in [4.69, 9.17) is 15.2 Å². The highest BCUT2D eigenvalue weighted by Crippen LogP contribution is 2.35. The first-order chi connectivity index (χ1) is 11.6. The lowest BCUT2D eigenvalue weighted by Gasteiger charge is -2.10. The standard InChI is InChI=1S/C20H24N2O2/c1-14(21)9-16-13-22(12-15-7-5-4-6-8-15)18-10-17(23-2)11-19(24-3)20(16)18/h4-8,10-11,13-14H,9,12,21H2,1-3H3. The maximum absolute atomic E-state index is 6.05. The van der Waals surface area contributed by atoms with Crippen LogP contribution in [-0.2, 0) is 13.0 Å². The molecule has 1 unspecified atom stereocenters. The Morgan fingerprint density at radius 3 is 2.46 bits per heavy atom. The van der Waals surface area contributed by atoms with E-state index in [1.54, 1.807) is 14.2 Å². The summed E-state index contributed by atoms with van der Waals surface area (Å²) in [6.45, 7) is 2.82. The molecule has 0 saturated carbocycles. The molecule has 0 aliphatic carbocycles. The lowest BCUT2D eigenvalue weighted by Crippen LogP contribution is -2.17. The van der Waals surface area contributed by atoms with Gasteiger partial charge in [-0.15, -0.1) is 0 Å². The molecule has 0 saturated heterocycles. The van der Waals surface area contributed by atoms with E-state index < -0.39 is 0 Å². The summed E-state index contributed by atoms with van der Waals surface area (Å²) in [7, 11) is 3.37. The number of benzene rings is 2. The van der Waals surface area contributed by atoms with Gasteiger partial charge in [0.1, 0.15) is 11.5 Å². The van der Waals surface area contributed by atoms with Crippen molar-refractivity contribution in [2.75, 3.05) is 14.2 Å². The zero-order chi connectivity index (χ0) is 17.1. The number of hydrogen-bond donors (Lipinski definition) is 1.